The Labute approximate surface area is 178 Å². The molecule has 0 aliphatic heterocycles. The van der Waals surface area contributed by atoms with Crippen molar-refractivity contribution < 1.29 is 0 Å². The minimum atomic E-state index is -2.00. The Bertz CT molecular complexity index is 864. The van der Waals surface area contributed by atoms with E-state index in [4.69, 9.17) is 0 Å². The fraction of sp³-hybridized carbons (Fsp3) is 0.619. The molecule has 1 nitrogen and oxygen atoms in total. The van der Waals surface area contributed by atoms with E-state index in [2.05, 4.69) is 71.0 Å². The molecule has 3 aromatic heterocycles. The summed E-state index contributed by atoms with van der Waals surface area (Å²) in [5, 5.41) is 0. The molecule has 0 fully saturated rings. The van der Waals surface area contributed by atoms with Crippen LogP contribution in [-0.4, -0.2) is 42.7 Å². The number of hydrogen-bond acceptors (Lipinski definition) is 2. The normalized spacial score (nSPS) is 12.9. The van der Waals surface area contributed by atoms with Gasteiger partial charge in [0.15, 0.2) is 0 Å². The molecule has 0 atom stereocenters. The van der Waals surface area contributed by atoms with Crippen LogP contribution in [-0.2, 0) is 6.54 Å². The van der Waals surface area contributed by atoms with Gasteiger partial charge in [0.1, 0.15) is 0 Å². The van der Waals surface area contributed by atoms with Gasteiger partial charge in [0.05, 0.1) is 0 Å². The van der Waals surface area contributed by atoms with Crippen molar-refractivity contribution >= 4 is 87.0 Å². The van der Waals surface area contributed by atoms with Crippen LogP contribution in [0.5, 0.6) is 0 Å². The minimum absolute atomic E-state index is 1.21. The molecule has 0 N–H and O–H groups in total. The van der Waals surface area contributed by atoms with E-state index in [1.54, 1.807) is 26.2 Å². The first-order valence-electron chi connectivity index (χ1n) is 10.2. The molecule has 0 aliphatic rings. The van der Waals surface area contributed by atoms with E-state index in [1.165, 1.54) is 45.1 Å². The van der Waals surface area contributed by atoms with E-state index < -0.39 is 38.1 Å². The van der Waals surface area contributed by atoms with E-state index in [9.17, 15) is 0 Å². The summed E-state index contributed by atoms with van der Waals surface area (Å²) in [4.78, 5) is 12.7. The van der Waals surface area contributed by atoms with E-state index in [0.29, 0.717) is 0 Å². The van der Waals surface area contributed by atoms with Crippen LogP contribution >= 0.6 is 22.7 Å². The van der Waals surface area contributed by atoms with Crippen LogP contribution in [0.2, 0.25) is 24.7 Å². The van der Waals surface area contributed by atoms with Crippen molar-refractivity contribution in [3.8, 4) is 0 Å². The van der Waals surface area contributed by atoms with Gasteiger partial charge in [-0.3, -0.25) is 0 Å². The molecule has 26 heavy (non-hydrogen) atoms. The Balaban J connectivity index is 1.92. The monoisotopic (exact) mass is 604 g/mol. The number of aryl methyl sites for hydroxylation is 1. The molecule has 0 saturated carbocycles. The summed E-state index contributed by atoms with van der Waals surface area (Å²) in [7, 11) is 0. The average molecular weight is 602 g/mol. The Morgan fingerprint density at radius 2 is 1.50 bits per heavy atom. The number of rotatable bonds is 9. The van der Waals surface area contributed by atoms with Crippen molar-refractivity contribution in [2.24, 2.45) is 0 Å². The Morgan fingerprint density at radius 1 is 0.885 bits per heavy atom. The van der Waals surface area contributed by atoms with Gasteiger partial charge in [0.25, 0.3) is 0 Å². The summed E-state index contributed by atoms with van der Waals surface area (Å²) in [5.74, 6) is 0. The average Bonchev–Trinajstić information content (AvgIpc) is 3.22. The fourth-order valence-electron chi connectivity index (χ4n) is 3.53. The quantitative estimate of drug-likeness (QED) is 0.188. The molecule has 3 aromatic rings. The molecule has 143 valence electrons. The molecule has 0 amide bonds. The predicted molar refractivity (Wildman–Crippen MR) is 129 cm³/mol. The number of thiophene rings is 2. The topological polar surface area (TPSA) is 4.93 Å². The Morgan fingerprint density at radius 3 is 2.15 bits per heavy atom. The van der Waals surface area contributed by atoms with Gasteiger partial charge < -0.3 is 0 Å². The standard InChI is InChI=1S/C16H19NS2.5CH3.2Sn/c1-2-3-4-5-6-7-10-17-13-8-11-18-15(13)16-14(17)9-12-19-16;;;;;;;/h8-9H,2-7,10H2,1H3;5*1H3;;. The molecule has 0 spiro atoms. The molecule has 5 heteroatoms. The van der Waals surface area contributed by atoms with Gasteiger partial charge in [-0.25, -0.2) is 0 Å². The van der Waals surface area contributed by atoms with Crippen LogP contribution in [0.1, 0.15) is 45.4 Å². The van der Waals surface area contributed by atoms with Crippen LogP contribution in [0.3, 0.4) is 0 Å². The molecular formula is C21H34NS2Sn2. The second kappa shape index (κ2) is 9.08. The van der Waals surface area contributed by atoms with Crippen LogP contribution in [0.4, 0.5) is 0 Å². The zero-order valence-electron chi connectivity index (χ0n) is 17.4. The van der Waals surface area contributed by atoms with Gasteiger partial charge in [0.2, 0.25) is 0 Å². The summed E-state index contributed by atoms with van der Waals surface area (Å²) < 4.78 is 9.38. The zero-order chi connectivity index (χ0) is 18.9. The molecule has 1 radical (unpaired) electrons. The van der Waals surface area contributed by atoms with E-state index >= 15 is 0 Å². The molecule has 0 unspecified atom stereocenters. The first-order valence-corrected chi connectivity index (χ1v) is 28.9. The molecule has 0 saturated heterocycles. The second-order valence-corrected chi connectivity index (χ2v) is 34.6. The SMILES string of the molecule is CCCCCCCCn1c2c[c]([Sn]([CH3])[CH3])sc2c2s[c]([Sn]([CH3])([CH3])[CH3])cc21. The van der Waals surface area contributed by atoms with Crippen LogP contribution in [0.25, 0.3) is 20.4 Å². The van der Waals surface area contributed by atoms with Crippen molar-refractivity contribution in [3.63, 3.8) is 0 Å². The number of aromatic nitrogens is 1. The van der Waals surface area contributed by atoms with Gasteiger partial charge >= 0.3 is 180 Å². The molecule has 3 rings (SSSR count). The van der Waals surface area contributed by atoms with Gasteiger partial charge in [-0.05, 0) is 0 Å². The van der Waals surface area contributed by atoms with Gasteiger partial charge in [-0.15, -0.1) is 0 Å². The first-order chi connectivity index (χ1) is 12.3. The van der Waals surface area contributed by atoms with Gasteiger partial charge in [-0.1, -0.05) is 0 Å². The number of fused-ring (bicyclic) bond motifs is 3. The van der Waals surface area contributed by atoms with Crippen molar-refractivity contribution in [3.05, 3.63) is 12.1 Å². The Kier molecular flexibility index (Phi) is 7.51. The van der Waals surface area contributed by atoms with Gasteiger partial charge in [0, 0.05) is 0 Å². The summed E-state index contributed by atoms with van der Waals surface area (Å²) in [5.41, 5.74) is 3.10. The molecule has 0 aromatic carbocycles. The molecule has 3 heterocycles. The summed E-state index contributed by atoms with van der Waals surface area (Å²) in [6.45, 7) is 3.51. The maximum atomic E-state index is 2.69. The zero-order valence-corrected chi connectivity index (χ0v) is 24.7. The van der Waals surface area contributed by atoms with E-state index in [1.807, 2.05) is 0 Å². The van der Waals surface area contributed by atoms with Crippen molar-refractivity contribution in [2.75, 3.05) is 0 Å². The van der Waals surface area contributed by atoms with Crippen LogP contribution in [0.15, 0.2) is 12.1 Å². The molecular weight excluding hydrogens is 568 g/mol. The number of hydrogen-bond donors (Lipinski definition) is 0. The van der Waals surface area contributed by atoms with Crippen LogP contribution in [0, 0.1) is 0 Å². The second-order valence-electron chi connectivity index (χ2n) is 8.82. The molecule has 0 aliphatic carbocycles. The first kappa shape index (κ1) is 21.5. The third-order valence-corrected chi connectivity index (χ3v) is 23.7. The third kappa shape index (κ3) is 4.68. The van der Waals surface area contributed by atoms with Gasteiger partial charge in [-0.2, -0.15) is 0 Å². The molecule has 0 bridgehead atoms. The number of unbranched alkanes of at least 4 members (excludes halogenated alkanes) is 5. The maximum absolute atomic E-state index is 2.69. The van der Waals surface area contributed by atoms with Crippen molar-refractivity contribution in [1.82, 2.24) is 4.57 Å². The summed E-state index contributed by atoms with van der Waals surface area (Å²) in [6, 6.07) is 5.15. The predicted octanol–water partition coefficient (Wildman–Crippen LogP) is 6.78. The van der Waals surface area contributed by atoms with Crippen LogP contribution < -0.4 is 5.79 Å². The van der Waals surface area contributed by atoms with Crippen molar-refractivity contribution in [2.45, 2.75) is 76.7 Å². The fourth-order valence-corrected chi connectivity index (χ4v) is 15.0. The summed E-state index contributed by atoms with van der Waals surface area (Å²) >= 11 is 0.985. The Hall–Kier alpha value is 0.797. The third-order valence-electron chi connectivity index (χ3n) is 5.18. The number of nitrogens with zero attached hydrogens (tertiary/aromatic N) is 1. The summed E-state index contributed by atoms with van der Waals surface area (Å²) in [6.07, 6.45) is 8.29. The van der Waals surface area contributed by atoms with E-state index in [0.717, 1.165) is 0 Å². The van der Waals surface area contributed by atoms with E-state index in [-0.39, 0.29) is 0 Å². The van der Waals surface area contributed by atoms with Crippen molar-refractivity contribution in [1.29, 1.82) is 0 Å².